The van der Waals surface area contributed by atoms with Crippen molar-refractivity contribution < 1.29 is 19.1 Å². The summed E-state index contributed by atoms with van der Waals surface area (Å²) in [5.41, 5.74) is 7.69. The van der Waals surface area contributed by atoms with E-state index in [1.807, 2.05) is 0 Å². The number of aromatic amines is 1. The Morgan fingerprint density at radius 3 is 2.44 bits per heavy atom. The van der Waals surface area contributed by atoms with E-state index in [0.29, 0.717) is 41.0 Å². The van der Waals surface area contributed by atoms with Crippen LogP contribution in [-0.2, 0) is 14.3 Å². The molecular weight excluding hydrogens is 460 g/mol. The van der Waals surface area contributed by atoms with Crippen LogP contribution in [0.5, 0.6) is 0 Å². The monoisotopic (exact) mass is 496 g/mol. The molecule has 0 saturated carbocycles. The number of nitrogens with two attached hydrogens (primary N) is 1. The summed E-state index contributed by atoms with van der Waals surface area (Å²) in [5.74, 6) is -0.426. The van der Waals surface area contributed by atoms with Crippen molar-refractivity contribution in [2.24, 2.45) is 0 Å². The number of ether oxygens (including phenoxy) is 2. The largest absolute Gasteiger partial charge is 0.464 e. The standard InChI is InChI=1S/C27H36N4O5/c1-7-10-20(31-26(34)36-27(4,5)6)23-14-17(15-24(32)30-23)19-13-12-18(28)16-22(19)29-21(11-8-2)25(33)35-9-3/h7-8,12-16,20-21,29H,1-2,9-11,28H2,3-6H3,(H,30,32)(H,31,34). The molecule has 0 aliphatic carbocycles. The van der Waals surface area contributed by atoms with E-state index in [9.17, 15) is 14.4 Å². The summed E-state index contributed by atoms with van der Waals surface area (Å²) in [5, 5.41) is 5.97. The smallest absolute Gasteiger partial charge is 0.408 e. The predicted molar refractivity (Wildman–Crippen MR) is 143 cm³/mol. The van der Waals surface area contributed by atoms with Crippen LogP contribution in [0.2, 0.25) is 0 Å². The Kier molecular flexibility index (Phi) is 9.90. The Hall–Kier alpha value is -4.01. The SMILES string of the molecule is C=CCC(Nc1cc(N)ccc1-c1cc(C(CC=C)NC(=O)OC(C)(C)C)[nH]c(=O)c1)C(=O)OCC. The zero-order valence-electron chi connectivity index (χ0n) is 21.4. The van der Waals surface area contributed by atoms with Crippen LogP contribution in [0.25, 0.3) is 11.1 Å². The summed E-state index contributed by atoms with van der Waals surface area (Å²) < 4.78 is 10.5. The van der Waals surface area contributed by atoms with Crippen LogP contribution in [0.3, 0.4) is 0 Å². The maximum Gasteiger partial charge on any atom is 0.408 e. The van der Waals surface area contributed by atoms with Crippen LogP contribution in [0, 0.1) is 0 Å². The first-order valence-electron chi connectivity index (χ1n) is 11.8. The van der Waals surface area contributed by atoms with Crippen molar-refractivity contribution in [1.82, 2.24) is 10.3 Å². The number of rotatable bonds is 11. The fourth-order valence-electron chi connectivity index (χ4n) is 3.53. The summed E-state index contributed by atoms with van der Waals surface area (Å²) in [6.45, 7) is 14.7. The number of aromatic nitrogens is 1. The molecule has 0 bridgehead atoms. The molecule has 0 aliphatic rings. The molecule has 0 spiro atoms. The van der Waals surface area contributed by atoms with Crippen LogP contribution in [-0.4, -0.2) is 35.3 Å². The van der Waals surface area contributed by atoms with Gasteiger partial charge in [-0.1, -0.05) is 18.2 Å². The molecule has 0 radical (unpaired) electrons. The minimum Gasteiger partial charge on any atom is -0.464 e. The van der Waals surface area contributed by atoms with E-state index in [4.69, 9.17) is 15.2 Å². The second-order valence-electron chi connectivity index (χ2n) is 9.19. The van der Waals surface area contributed by atoms with Gasteiger partial charge >= 0.3 is 12.1 Å². The molecule has 2 unspecified atom stereocenters. The Morgan fingerprint density at radius 1 is 1.14 bits per heavy atom. The van der Waals surface area contributed by atoms with Crippen LogP contribution >= 0.6 is 0 Å². The first-order valence-corrected chi connectivity index (χ1v) is 11.8. The van der Waals surface area contributed by atoms with E-state index in [-0.39, 0.29) is 12.2 Å². The molecule has 2 atom stereocenters. The number of nitrogens with one attached hydrogen (secondary N) is 3. The van der Waals surface area contributed by atoms with E-state index in [2.05, 4.69) is 28.8 Å². The molecule has 1 amide bonds. The number of hydrogen-bond acceptors (Lipinski definition) is 7. The van der Waals surface area contributed by atoms with E-state index in [1.54, 1.807) is 64.1 Å². The third kappa shape index (κ3) is 8.33. The summed E-state index contributed by atoms with van der Waals surface area (Å²) in [6.07, 6.45) is 3.33. The summed E-state index contributed by atoms with van der Waals surface area (Å²) >= 11 is 0. The second kappa shape index (κ2) is 12.6. The second-order valence-corrected chi connectivity index (χ2v) is 9.19. The molecular formula is C27H36N4O5. The van der Waals surface area contributed by atoms with Gasteiger partial charge in [-0.05, 0) is 64.3 Å². The summed E-state index contributed by atoms with van der Waals surface area (Å²) in [4.78, 5) is 40.3. The van der Waals surface area contributed by atoms with Crippen molar-refractivity contribution in [2.45, 2.75) is 58.2 Å². The van der Waals surface area contributed by atoms with Crippen molar-refractivity contribution >= 4 is 23.4 Å². The Balaban J connectivity index is 2.49. The average molecular weight is 497 g/mol. The fraction of sp³-hybridized carbons (Fsp3) is 0.370. The van der Waals surface area contributed by atoms with E-state index in [0.717, 1.165) is 0 Å². The lowest BCUT2D eigenvalue weighted by Crippen LogP contribution is -2.35. The number of hydrogen-bond donors (Lipinski definition) is 4. The molecule has 5 N–H and O–H groups in total. The van der Waals surface area contributed by atoms with Gasteiger partial charge < -0.3 is 30.8 Å². The van der Waals surface area contributed by atoms with Crippen LogP contribution in [0.1, 0.15) is 52.3 Å². The third-order valence-electron chi connectivity index (χ3n) is 4.99. The molecule has 194 valence electrons. The predicted octanol–water partition coefficient (Wildman–Crippen LogP) is 4.69. The van der Waals surface area contributed by atoms with Crippen molar-refractivity contribution in [3.63, 3.8) is 0 Å². The molecule has 0 saturated heterocycles. The zero-order valence-corrected chi connectivity index (χ0v) is 21.4. The molecule has 0 aliphatic heterocycles. The van der Waals surface area contributed by atoms with Gasteiger partial charge in [0, 0.05) is 28.7 Å². The highest BCUT2D eigenvalue weighted by molar-refractivity contribution is 5.85. The third-order valence-corrected chi connectivity index (χ3v) is 4.99. The molecule has 2 aromatic rings. The molecule has 2 rings (SSSR count). The number of pyridine rings is 1. The van der Waals surface area contributed by atoms with E-state index < -0.39 is 29.7 Å². The van der Waals surface area contributed by atoms with E-state index >= 15 is 0 Å². The van der Waals surface area contributed by atoms with Crippen molar-refractivity contribution in [1.29, 1.82) is 0 Å². The maximum absolute atomic E-state index is 12.6. The lowest BCUT2D eigenvalue weighted by atomic mass is 10.00. The average Bonchev–Trinajstić information content (AvgIpc) is 2.77. The molecule has 0 fully saturated rings. The first kappa shape index (κ1) is 28.2. The normalized spacial score (nSPS) is 12.7. The van der Waals surface area contributed by atoms with Crippen LogP contribution in [0.4, 0.5) is 16.2 Å². The van der Waals surface area contributed by atoms with Crippen LogP contribution in [0.15, 0.2) is 60.4 Å². The number of alkyl carbamates (subject to hydrolysis) is 1. The number of H-pyrrole nitrogens is 1. The number of anilines is 2. The van der Waals surface area contributed by atoms with Crippen molar-refractivity contribution in [3.05, 3.63) is 71.7 Å². The quantitative estimate of drug-likeness (QED) is 0.201. The summed E-state index contributed by atoms with van der Waals surface area (Å²) in [6, 6.07) is 7.08. The Morgan fingerprint density at radius 2 is 1.83 bits per heavy atom. The molecule has 1 heterocycles. The van der Waals surface area contributed by atoms with Gasteiger partial charge in [0.05, 0.1) is 12.6 Å². The lowest BCUT2D eigenvalue weighted by Gasteiger charge is -2.24. The van der Waals surface area contributed by atoms with Gasteiger partial charge in [0.2, 0.25) is 5.56 Å². The number of amides is 1. The van der Waals surface area contributed by atoms with Crippen molar-refractivity contribution in [2.75, 3.05) is 17.7 Å². The topological polar surface area (TPSA) is 136 Å². The van der Waals surface area contributed by atoms with Gasteiger partial charge in [-0.2, -0.15) is 0 Å². The van der Waals surface area contributed by atoms with E-state index in [1.165, 1.54) is 6.07 Å². The fourth-order valence-corrected chi connectivity index (χ4v) is 3.53. The van der Waals surface area contributed by atoms with Crippen LogP contribution < -0.4 is 21.9 Å². The van der Waals surface area contributed by atoms with Gasteiger partial charge in [-0.15, -0.1) is 13.2 Å². The van der Waals surface area contributed by atoms with Crippen molar-refractivity contribution in [3.8, 4) is 11.1 Å². The molecule has 36 heavy (non-hydrogen) atoms. The Labute approximate surface area is 211 Å². The van der Waals surface area contributed by atoms with Gasteiger partial charge in [-0.3, -0.25) is 4.79 Å². The minimum absolute atomic E-state index is 0.241. The molecule has 1 aromatic heterocycles. The zero-order chi connectivity index (χ0) is 26.9. The highest BCUT2D eigenvalue weighted by Crippen LogP contribution is 2.32. The molecule has 9 nitrogen and oxygen atoms in total. The number of carbonyl (C=O) groups excluding carboxylic acids is 2. The molecule has 1 aromatic carbocycles. The first-order chi connectivity index (χ1) is 17.0. The number of carbonyl (C=O) groups is 2. The number of esters is 1. The highest BCUT2D eigenvalue weighted by Gasteiger charge is 2.23. The van der Waals surface area contributed by atoms with Gasteiger partial charge in [0.1, 0.15) is 11.6 Å². The Bertz CT molecular complexity index is 1150. The molecule has 9 heteroatoms. The summed E-state index contributed by atoms with van der Waals surface area (Å²) in [7, 11) is 0. The number of benzene rings is 1. The van der Waals surface area contributed by atoms with Gasteiger partial charge in [0.25, 0.3) is 0 Å². The van der Waals surface area contributed by atoms with Gasteiger partial charge in [0.15, 0.2) is 0 Å². The highest BCUT2D eigenvalue weighted by atomic mass is 16.6. The maximum atomic E-state index is 12.6. The number of nitrogen functional groups attached to an aromatic ring is 1. The minimum atomic E-state index is -0.688. The van der Waals surface area contributed by atoms with Gasteiger partial charge in [-0.25, -0.2) is 9.59 Å². The lowest BCUT2D eigenvalue weighted by molar-refractivity contribution is -0.143.